The van der Waals surface area contributed by atoms with Crippen molar-refractivity contribution in [3.05, 3.63) is 64.9 Å². The molecule has 2 aromatic carbocycles. The molecule has 0 spiro atoms. The second-order valence-electron chi connectivity index (χ2n) is 3.89. The highest BCUT2D eigenvalue weighted by molar-refractivity contribution is 7.94. The Morgan fingerprint density at radius 1 is 0.850 bits per heavy atom. The quantitative estimate of drug-likeness (QED) is 0.856. The van der Waals surface area contributed by atoms with Gasteiger partial charge in [-0.05, 0) is 12.1 Å². The van der Waals surface area contributed by atoms with E-state index in [1.54, 1.807) is 6.07 Å². The molecule has 0 aliphatic rings. The number of hydrogen-bond donors (Lipinski definition) is 0. The van der Waals surface area contributed by atoms with Gasteiger partial charge in [0, 0.05) is 5.56 Å². The van der Waals surface area contributed by atoms with Crippen molar-refractivity contribution < 1.29 is 21.6 Å². The Morgan fingerprint density at radius 2 is 1.40 bits per heavy atom. The van der Waals surface area contributed by atoms with E-state index in [4.69, 9.17) is 0 Å². The molecule has 2 aromatic rings. The minimum Gasteiger partial charge on any atom is -0.572 e. The minimum atomic E-state index is -4.66. The summed E-state index contributed by atoms with van der Waals surface area (Å²) in [6.45, 7) is 0. The minimum absolute atomic E-state index is 0.156. The molecule has 0 saturated heterocycles. The van der Waals surface area contributed by atoms with Gasteiger partial charge in [0.05, 0.1) is 4.90 Å². The summed E-state index contributed by atoms with van der Waals surface area (Å²) in [7, 11) is -4.17. The van der Waals surface area contributed by atoms with Crippen LogP contribution in [0.3, 0.4) is 0 Å². The highest BCUT2D eigenvalue weighted by Gasteiger charge is 2.31. The second kappa shape index (κ2) is 5.16. The van der Waals surface area contributed by atoms with E-state index in [2.05, 4.69) is 4.72 Å². The van der Waals surface area contributed by atoms with Crippen LogP contribution < -0.4 is 0 Å². The van der Waals surface area contributed by atoms with E-state index in [1.807, 2.05) is 0 Å². The summed E-state index contributed by atoms with van der Waals surface area (Å²) in [4.78, 5) is -0.156. The summed E-state index contributed by atoms with van der Waals surface area (Å²) in [6.07, 6.45) is -4.66. The highest BCUT2D eigenvalue weighted by Crippen LogP contribution is 2.40. The van der Waals surface area contributed by atoms with Gasteiger partial charge < -0.3 is 4.72 Å². The van der Waals surface area contributed by atoms with Gasteiger partial charge >= 0.3 is 6.18 Å². The summed E-state index contributed by atoms with van der Waals surface area (Å²) in [5.41, 5.74) is -1.71. The number of benzene rings is 2. The van der Waals surface area contributed by atoms with E-state index in [-0.39, 0.29) is 4.90 Å². The van der Waals surface area contributed by atoms with Crippen molar-refractivity contribution >= 4 is 15.7 Å². The molecule has 0 saturated carbocycles. The molecule has 0 atom stereocenters. The van der Waals surface area contributed by atoms with Crippen LogP contribution in [-0.4, -0.2) is 8.42 Å². The van der Waals surface area contributed by atoms with Crippen LogP contribution in [0.1, 0.15) is 5.56 Å². The number of hydrogen-bond acceptors (Lipinski definition) is 2. The number of sulfonamides is 1. The molecule has 7 heteroatoms. The molecule has 0 N–H and O–H groups in total. The van der Waals surface area contributed by atoms with Crippen LogP contribution in [0.5, 0.6) is 0 Å². The summed E-state index contributed by atoms with van der Waals surface area (Å²) < 4.78 is 65.5. The topological polar surface area (TPSA) is 48.2 Å². The van der Waals surface area contributed by atoms with Crippen molar-refractivity contribution in [2.75, 3.05) is 0 Å². The summed E-state index contributed by atoms with van der Waals surface area (Å²) >= 11 is 0. The normalized spacial score (nSPS) is 12.2. The first-order valence-electron chi connectivity index (χ1n) is 5.50. The van der Waals surface area contributed by atoms with Crippen molar-refractivity contribution in [2.24, 2.45) is 0 Å². The number of alkyl halides is 3. The van der Waals surface area contributed by atoms with Gasteiger partial charge in [-0.3, -0.25) is 0 Å². The average molecular weight is 300 g/mol. The third-order valence-electron chi connectivity index (χ3n) is 2.47. The lowest BCUT2D eigenvalue weighted by Crippen LogP contribution is -2.07. The van der Waals surface area contributed by atoms with Crippen LogP contribution in [0.15, 0.2) is 59.5 Å². The van der Waals surface area contributed by atoms with Crippen molar-refractivity contribution in [3.8, 4) is 0 Å². The first kappa shape index (κ1) is 14.4. The predicted octanol–water partition coefficient (Wildman–Crippen LogP) is 4.10. The lowest BCUT2D eigenvalue weighted by atomic mass is 10.2. The van der Waals surface area contributed by atoms with Crippen LogP contribution >= 0.6 is 0 Å². The molecule has 0 aliphatic carbocycles. The molecule has 0 bridgehead atoms. The summed E-state index contributed by atoms with van der Waals surface area (Å²) in [6, 6.07) is 11.4. The van der Waals surface area contributed by atoms with Gasteiger partial charge in [0.2, 0.25) is 0 Å². The van der Waals surface area contributed by atoms with Gasteiger partial charge in [-0.15, -0.1) is 5.69 Å². The predicted molar refractivity (Wildman–Crippen MR) is 68.1 cm³/mol. The third-order valence-corrected chi connectivity index (χ3v) is 3.77. The van der Waals surface area contributed by atoms with E-state index in [1.165, 1.54) is 36.4 Å². The maximum atomic E-state index is 12.8. The number of rotatable bonds is 3. The van der Waals surface area contributed by atoms with E-state index in [0.717, 1.165) is 12.1 Å². The van der Waals surface area contributed by atoms with Crippen molar-refractivity contribution in [2.45, 2.75) is 11.1 Å². The van der Waals surface area contributed by atoms with E-state index >= 15 is 0 Å². The van der Waals surface area contributed by atoms with E-state index in [0.29, 0.717) is 0 Å². The number of halogens is 3. The van der Waals surface area contributed by atoms with Crippen molar-refractivity contribution in [3.63, 3.8) is 0 Å². The SMILES string of the molecule is O=S(=O)([N-]c1ccccc1C(F)(F)F)c1ccccc1. The molecule has 0 unspecified atom stereocenters. The average Bonchev–Trinajstić information content (AvgIpc) is 2.39. The Labute approximate surface area is 114 Å². The monoisotopic (exact) mass is 300 g/mol. The van der Waals surface area contributed by atoms with Crippen LogP contribution in [-0.2, 0) is 16.2 Å². The smallest absolute Gasteiger partial charge is 0.415 e. The molecule has 3 nitrogen and oxygen atoms in total. The van der Waals surface area contributed by atoms with Crippen LogP contribution in [0, 0.1) is 0 Å². The zero-order valence-corrected chi connectivity index (χ0v) is 10.8. The lowest BCUT2D eigenvalue weighted by Gasteiger charge is -2.25. The Morgan fingerprint density at radius 3 is 2.00 bits per heavy atom. The Hall–Kier alpha value is -2.02. The zero-order valence-electron chi connectivity index (χ0n) is 10.0. The van der Waals surface area contributed by atoms with Gasteiger partial charge in [0.15, 0.2) is 0 Å². The zero-order chi connectivity index (χ0) is 14.8. The number of nitrogens with zero attached hydrogens (tertiary/aromatic N) is 1. The molecule has 0 fully saturated rings. The molecule has 20 heavy (non-hydrogen) atoms. The van der Waals surface area contributed by atoms with Crippen LogP contribution in [0.2, 0.25) is 0 Å². The molecule has 0 amide bonds. The third kappa shape index (κ3) is 3.11. The molecule has 0 aliphatic heterocycles. The second-order valence-corrected chi connectivity index (χ2v) is 5.50. The van der Waals surface area contributed by atoms with Gasteiger partial charge in [-0.2, -0.15) is 13.2 Å². The van der Waals surface area contributed by atoms with E-state index in [9.17, 15) is 21.6 Å². The lowest BCUT2D eigenvalue weighted by molar-refractivity contribution is -0.136. The molecule has 0 aromatic heterocycles. The van der Waals surface area contributed by atoms with Gasteiger partial charge in [0.25, 0.3) is 0 Å². The van der Waals surface area contributed by atoms with Crippen molar-refractivity contribution in [1.82, 2.24) is 0 Å². The largest absolute Gasteiger partial charge is 0.572 e. The highest BCUT2D eigenvalue weighted by atomic mass is 32.2. The fourth-order valence-electron chi connectivity index (χ4n) is 1.57. The Bertz CT molecular complexity index is 697. The Balaban J connectivity index is 2.41. The van der Waals surface area contributed by atoms with Gasteiger partial charge in [-0.1, -0.05) is 42.5 Å². The molecular formula is C13H9F3NO2S-. The fourth-order valence-corrected chi connectivity index (χ4v) is 2.59. The molecular weight excluding hydrogens is 291 g/mol. The fraction of sp³-hybridized carbons (Fsp3) is 0.0769. The van der Waals surface area contributed by atoms with Crippen LogP contribution in [0.25, 0.3) is 4.72 Å². The molecule has 0 radical (unpaired) electrons. The maximum Gasteiger partial charge on any atom is 0.415 e. The Kier molecular flexibility index (Phi) is 3.71. The van der Waals surface area contributed by atoms with E-state index < -0.39 is 27.5 Å². The first-order chi connectivity index (χ1) is 9.31. The van der Waals surface area contributed by atoms with Crippen LogP contribution in [0.4, 0.5) is 18.9 Å². The summed E-state index contributed by atoms with van der Waals surface area (Å²) in [5, 5.41) is 0. The molecule has 0 heterocycles. The maximum absolute atomic E-state index is 12.8. The molecule has 2 rings (SSSR count). The van der Waals surface area contributed by atoms with Gasteiger partial charge in [-0.25, -0.2) is 8.42 Å². The standard InChI is InChI=1S/C13H9F3NO2S/c14-13(15,16)11-8-4-5-9-12(11)17-20(18,19)10-6-2-1-3-7-10/h1-9H/q-1. The summed E-state index contributed by atoms with van der Waals surface area (Å²) in [5.74, 6) is 0. The van der Waals surface area contributed by atoms with Gasteiger partial charge in [0.1, 0.15) is 10.0 Å². The molecule has 106 valence electrons. The first-order valence-corrected chi connectivity index (χ1v) is 6.94. The van der Waals surface area contributed by atoms with Crippen molar-refractivity contribution in [1.29, 1.82) is 0 Å².